The summed E-state index contributed by atoms with van der Waals surface area (Å²) in [5, 5.41) is 12.6. The molecule has 0 radical (unpaired) electrons. The molecule has 0 aliphatic heterocycles. The number of aliphatic hydroxyl groups excluding tert-OH is 1. The predicted molar refractivity (Wildman–Crippen MR) is 72.0 cm³/mol. The van der Waals surface area contributed by atoms with Crippen LogP contribution in [-0.2, 0) is 11.2 Å². The molecule has 0 saturated heterocycles. The van der Waals surface area contributed by atoms with Crippen molar-refractivity contribution < 1.29 is 14.4 Å². The van der Waals surface area contributed by atoms with Crippen molar-refractivity contribution >= 4 is 18.3 Å². The van der Waals surface area contributed by atoms with E-state index < -0.39 is 6.04 Å². The molecule has 1 aromatic heterocycles. The molecule has 0 spiro atoms. The highest BCUT2D eigenvalue weighted by molar-refractivity contribution is 5.85. The van der Waals surface area contributed by atoms with Gasteiger partial charge in [0, 0.05) is 25.9 Å². The van der Waals surface area contributed by atoms with Crippen LogP contribution in [-0.4, -0.2) is 52.3 Å². The molecule has 0 aromatic carbocycles. The second-order valence-corrected chi connectivity index (χ2v) is 4.50. The normalized spacial score (nSPS) is 12.1. The van der Waals surface area contributed by atoms with E-state index in [0.29, 0.717) is 24.7 Å². The summed E-state index contributed by atoms with van der Waals surface area (Å²) < 4.78 is 5.06. The number of amides is 1. The van der Waals surface area contributed by atoms with Gasteiger partial charge in [0.15, 0.2) is 5.82 Å². The molecule has 0 unspecified atom stereocenters. The zero-order chi connectivity index (χ0) is 13.7. The van der Waals surface area contributed by atoms with Crippen molar-refractivity contribution in [1.29, 1.82) is 0 Å². The van der Waals surface area contributed by atoms with E-state index in [1.165, 1.54) is 4.90 Å². The Kier molecular flexibility index (Phi) is 7.58. The quantitative estimate of drug-likeness (QED) is 0.761. The van der Waals surface area contributed by atoms with Crippen LogP contribution in [0.1, 0.15) is 31.5 Å². The third-order valence-electron chi connectivity index (χ3n) is 2.54. The highest BCUT2D eigenvalue weighted by Crippen LogP contribution is 2.11. The summed E-state index contributed by atoms with van der Waals surface area (Å²) in [6.45, 7) is 4.01. The number of aromatic nitrogens is 2. The maximum Gasteiger partial charge on any atom is 0.241 e. The fourth-order valence-corrected chi connectivity index (χ4v) is 1.34. The molecule has 0 bridgehead atoms. The lowest BCUT2D eigenvalue weighted by atomic mass is 10.2. The van der Waals surface area contributed by atoms with Crippen molar-refractivity contribution in [3.63, 3.8) is 0 Å². The van der Waals surface area contributed by atoms with Gasteiger partial charge in [-0.2, -0.15) is 4.98 Å². The van der Waals surface area contributed by atoms with Gasteiger partial charge >= 0.3 is 0 Å². The van der Waals surface area contributed by atoms with Crippen LogP contribution < -0.4 is 5.73 Å². The van der Waals surface area contributed by atoms with Crippen LogP contribution in [0.2, 0.25) is 0 Å². The first-order chi connectivity index (χ1) is 8.45. The molecule has 1 heterocycles. The van der Waals surface area contributed by atoms with Gasteiger partial charge in [-0.1, -0.05) is 19.0 Å². The van der Waals surface area contributed by atoms with E-state index in [0.717, 1.165) is 0 Å². The van der Waals surface area contributed by atoms with Crippen molar-refractivity contribution in [2.45, 2.75) is 32.2 Å². The van der Waals surface area contributed by atoms with E-state index in [1.54, 1.807) is 7.05 Å². The largest absolute Gasteiger partial charge is 0.394 e. The number of likely N-dealkylation sites (N-methyl/N-ethyl adjacent to an activating group) is 1. The average molecular weight is 293 g/mol. The minimum atomic E-state index is -0.869. The van der Waals surface area contributed by atoms with Crippen molar-refractivity contribution in [2.75, 3.05) is 20.2 Å². The number of hydrogen-bond acceptors (Lipinski definition) is 6. The van der Waals surface area contributed by atoms with Gasteiger partial charge in [0.2, 0.25) is 11.8 Å². The van der Waals surface area contributed by atoms with Gasteiger partial charge in [-0.05, 0) is 0 Å². The highest BCUT2D eigenvalue weighted by Gasteiger charge is 2.17. The standard InChI is InChI=1S/C11H20N4O3.ClH/c1-7(2)10-13-9(14-18-10)4-5-15(3)11(17)8(12)6-16;/h7-8,16H,4-6,12H2,1-3H3;1H/t8-;/m0./s1. The molecule has 0 aliphatic rings. The van der Waals surface area contributed by atoms with Gasteiger partial charge in [0.25, 0.3) is 0 Å². The van der Waals surface area contributed by atoms with Crippen LogP contribution in [0.15, 0.2) is 4.52 Å². The number of carbonyl (C=O) groups excluding carboxylic acids is 1. The van der Waals surface area contributed by atoms with E-state index in [4.69, 9.17) is 15.4 Å². The number of carbonyl (C=O) groups is 1. The molecule has 0 aliphatic carbocycles. The summed E-state index contributed by atoms with van der Waals surface area (Å²) >= 11 is 0. The van der Waals surface area contributed by atoms with Crippen LogP contribution in [0.25, 0.3) is 0 Å². The summed E-state index contributed by atoms with van der Waals surface area (Å²) in [5.41, 5.74) is 5.44. The van der Waals surface area contributed by atoms with Crippen molar-refractivity contribution in [3.05, 3.63) is 11.7 Å². The predicted octanol–water partition coefficient (Wildman–Crippen LogP) is -0.0647. The summed E-state index contributed by atoms with van der Waals surface area (Å²) in [6.07, 6.45) is 0.497. The summed E-state index contributed by atoms with van der Waals surface area (Å²) in [5.74, 6) is 1.04. The van der Waals surface area contributed by atoms with E-state index in [9.17, 15) is 4.79 Å². The van der Waals surface area contributed by atoms with Crippen LogP contribution >= 0.6 is 12.4 Å². The van der Waals surface area contributed by atoms with Gasteiger partial charge in [-0.3, -0.25) is 4.79 Å². The Labute approximate surface area is 118 Å². The van der Waals surface area contributed by atoms with Gasteiger partial charge in [0.05, 0.1) is 6.61 Å². The van der Waals surface area contributed by atoms with Crippen LogP contribution in [0.5, 0.6) is 0 Å². The van der Waals surface area contributed by atoms with Gasteiger partial charge < -0.3 is 20.3 Å². The lowest BCUT2D eigenvalue weighted by Gasteiger charge is -2.19. The Balaban J connectivity index is 0.00000324. The molecule has 3 N–H and O–H groups in total. The molecule has 1 atom stereocenters. The fraction of sp³-hybridized carbons (Fsp3) is 0.727. The van der Waals surface area contributed by atoms with Gasteiger partial charge in [0.1, 0.15) is 6.04 Å². The molecule has 1 aromatic rings. The average Bonchev–Trinajstić information content (AvgIpc) is 2.82. The first-order valence-electron chi connectivity index (χ1n) is 5.89. The molecule has 19 heavy (non-hydrogen) atoms. The Morgan fingerprint density at radius 1 is 1.53 bits per heavy atom. The first-order valence-corrected chi connectivity index (χ1v) is 5.89. The Morgan fingerprint density at radius 2 is 2.16 bits per heavy atom. The molecule has 8 heteroatoms. The number of nitrogens with zero attached hydrogens (tertiary/aromatic N) is 3. The molecular formula is C11H21ClN4O3. The van der Waals surface area contributed by atoms with Crippen molar-refractivity contribution in [3.8, 4) is 0 Å². The summed E-state index contributed by atoms with van der Waals surface area (Å²) in [7, 11) is 1.63. The molecular weight excluding hydrogens is 272 g/mol. The maximum absolute atomic E-state index is 11.6. The molecule has 1 amide bonds. The zero-order valence-electron chi connectivity index (χ0n) is 11.4. The number of aliphatic hydroxyl groups is 1. The molecule has 0 saturated carbocycles. The number of nitrogens with two attached hydrogens (primary N) is 1. The lowest BCUT2D eigenvalue weighted by Crippen LogP contribution is -2.44. The zero-order valence-corrected chi connectivity index (χ0v) is 12.2. The Bertz CT molecular complexity index is 397. The SMILES string of the molecule is CC(C)c1nc(CCN(C)C(=O)[C@@H](N)CO)no1.Cl. The van der Waals surface area contributed by atoms with Crippen LogP contribution in [0, 0.1) is 0 Å². The van der Waals surface area contributed by atoms with Gasteiger partial charge in [-0.15, -0.1) is 12.4 Å². The number of rotatable bonds is 6. The minimum absolute atomic E-state index is 0. The Hall–Kier alpha value is -1.18. The number of halogens is 1. The van der Waals surface area contributed by atoms with Crippen LogP contribution in [0.4, 0.5) is 0 Å². The Morgan fingerprint density at radius 3 is 2.63 bits per heavy atom. The second-order valence-electron chi connectivity index (χ2n) is 4.50. The maximum atomic E-state index is 11.6. The molecule has 1 rings (SSSR count). The topological polar surface area (TPSA) is 105 Å². The first kappa shape index (κ1) is 17.8. The lowest BCUT2D eigenvalue weighted by molar-refractivity contribution is -0.132. The van der Waals surface area contributed by atoms with Gasteiger partial charge in [-0.25, -0.2) is 0 Å². The van der Waals surface area contributed by atoms with Crippen molar-refractivity contribution in [2.24, 2.45) is 5.73 Å². The van der Waals surface area contributed by atoms with Crippen LogP contribution in [0.3, 0.4) is 0 Å². The monoisotopic (exact) mass is 292 g/mol. The second kappa shape index (κ2) is 8.08. The third kappa shape index (κ3) is 5.14. The van der Waals surface area contributed by atoms with E-state index >= 15 is 0 Å². The van der Waals surface area contributed by atoms with E-state index in [1.807, 2.05) is 13.8 Å². The molecule has 0 fully saturated rings. The highest BCUT2D eigenvalue weighted by atomic mass is 35.5. The number of hydrogen-bond donors (Lipinski definition) is 2. The summed E-state index contributed by atoms with van der Waals surface area (Å²) in [6, 6.07) is -0.869. The smallest absolute Gasteiger partial charge is 0.241 e. The minimum Gasteiger partial charge on any atom is -0.394 e. The van der Waals surface area contributed by atoms with Crippen molar-refractivity contribution in [1.82, 2.24) is 15.0 Å². The molecule has 110 valence electrons. The van der Waals surface area contributed by atoms with E-state index in [2.05, 4.69) is 10.1 Å². The fourth-order valence-electron chi connectivity index (χ4n) is 1.34. The third-order valence-corrected chi connectivity index (χ3v) is 2.54. The summed E-state index contributed by atoms with van der Waals surface area (Å²) in [4.78, 5) is 17.2. The van der Waals surface area contributed by atoms with E-state index in [-0.39, 0.29) is 30.8 Å². The molecule has 7 nitrogen and oxygen atoms in total.